The Morgan fingerprint density at radius 1 is 0.643 bits per heavy atom. The van der Waals surface area contributed by atoms with E-state index in [1.165, 1.54) is 51.4 Å². The summed E-state index contributed by atoms with van der Waals surface area (Å²) in [7, 11) is -4.22. The van der Waals surface area contributed by atoms with Crippen LogP contribution in [0.2, 0.25) is 0 Å². The van der Waals surface area contributed by atoms with Crippen molar-refractivity contribution in [2.45, 2.75) is 141 Å². The van der Waals surface area contributed by atoms with Crippen LogP contribution in [0.15, 0.2) is 0 Å². The Bertz CT molecular complexity index is 415. The van der Waals surface area contributed by atoms with Gasteiger partial charge in [-0.05, 0) is 32.1 Å². The monoisotopic (exact) mass is 428 g/mol. The molecule has 0 spiro atoms. The van der Waals surface area contributed by atoms with Gasteiger partial charge in [-0.15, -0.1) is 0 Å². The van der Waals surface area contributed by atoms with Crippen LogP contribution in [-0.2, 0) is 10.1 Å². The van der Waals surface area contributed by atoms with Gasteiger partial charge in [0.05, 0.1) is 16.2 Å². The Hall–Kier alpha value is 0.870. The molecule has 4 nitrogen and oxygen atoms in total. The Morgan fingerprint density at radius 3 is 1.46 bits per heavy atom. The van der Waals surface area contributed by atoms with Crippen LogP contribution in [0, 0.1) is 0 Å². The quantitative estimate of drug-likeness (QED) is 0.183. The van der Waals surface area contributed by atoms with Crippen molar-refractivity contribution >= 4 is 10.1 Å². The third kappa shape index (κ3) is 20.2. The molecule has 28 heavy (non-hydrogen) atoms. The number of hydrogen-bond donors (Lipinski definition) is 1. The van der Waals surface area contributed by atoms with Gasteiger partial charge < -0.3 is 9.66 Å². The van der Waals surface area contributed by atoms with E-state index in [9.17, 15) is 18.1 Å². The van der Waals surface area contributed by atoms with Gasteiger partial charge in [0.15, 0.2) is 0 Å². The van der Waals surface area contributed by atoms with Crippen molar-refractivity contribution in [2.24, 2.45) is 0 Å². The molecule has 1 N–H and O–H groups in total. The summed E-state index contributed by atoms with van der Waals surface area (Å²) < 4.78 is 34.3. The number of aliphatic hydroxyl groups excluding tert-OH is 1. The van der Waals surface area contributed by atoms with Crippen molar-refractivity contribution in [3.8, 4) is 0 Å². The van der Waals surface area contributed by atoms with Gasteiger partial charge in [-0.3, -0.25) is 0 Å². The van der Waals surface area contributed by atoms with Gasteiger partial charge in [0.1, 0.15) is 0 Å². The van der Waals surface area contributed by atoms with E-state index in [0.29, 0.717) is 25.7 Å². The molecule has 6 heteroatoms. The molecule has 0 amide bonds. The van der Waals surface area contributed by atoms with E-state index in [2.05, 4.69) is 13.8 Å². The Balaban J connectivity index is 0. The minimum absolute atomic E-state index is 0. The van der Waals surface area contributed by atoms with E-state index >= 15 is 0 Å². The number of hydrogen-bond acceptors (Lipinski definition) is 4. The molecule has 0 aromatic carbocycles. The maximum absolute atomic E-state index is 11.4. The third-order valence-corrected chi connectivity index (χ3v) is 6.78. The van der Waals surface area contributed by atoms with Crippen molar-refractivity contribution in [3.05, 3.63) is 0 Å². The second-order valence-electron chi connectivity index (χ2n) is 8.17. The Kier molecular flexibility index (Phi) is 23.4. The Labute approximate surface area is 197 Å². The molecular weight excluding hydrogens is 383 g/mol. The van der Waals surface area contributed by atoms with Crippen LogP contribution in [0.1, 0.15) is 129 Å². The number of aliphatic hydroxyl groups is 1. The van der Waals surface area contributed by atoms with Crippen LogP contribution in [0.5, 0.6) is 0 Å². The molecule has 0 aromatic heterocycles. The first kappa shape index (κ1) is 31.1. The largest absolute Gasteiger partial charge is 1.00 e. The zero-order chi connectivity index (χ0) is 20.4. The molecule has 0 bridgehead atoms. The fourth-order valence-electron chi connectivity index (χ4n) is 3.65. The van der Waals surface area contributed by atoms with E-state index in [4.69, 9.17) is 0 Å². The molecule has 0 aliphatic heterocycles. The van der Waals surface area contributed by atoms with Crippen LogP contribution < -0.4 is 29.6 Å². The van der Waals surface area contributed by atoms with E-state index in [0.717, 1.165) is 38.5 Å². The summed E-state index contributed by atoms with van der Waals surface area (Å²) in [5.74, 6) is 0. The molecular formula is C22H45NaO4S. The summed E-state index contributed by atoms with van der Waals surface area (Å²) in [6.07, 6.45) is 17.8. The fourth-order valence-corrected chi connectivity index (χ4v) is 4.56. The standard InChI is InChI=1S/C22H46O4S.Na/c1-3-5-7-9-10-11-13-14-17-21(23)18-16-20-22(27(24,25)26)19-15-12-8-6-4-2;/h21-23H,3-20H2,1-2H3,(H,24,25,26);/q;+1/p-1. The van der Waals surface area contributed by atoms with Gasteiger partial charge in [0.2, 0.25) is 0 Å². The SMILES string of the molecule is CCCCCCCCCCC(O)CCCC(CCCCCCC)S(=O)(=O)[O-].[Na+]. The van der Waals surface area contributed by atoms with Gasteiger partial charge in [-0.25, -0.2) is 8.42 Å². The summed E-state index contributed by atoms with van der Waals surface area (Å²) in [5, 5.41) is 9.31. The van der Waals surface area contributed by atoms with Crippen molar-refractivity contribution in [1.29, 1.82) is 0 Å². The third-order valence-electron chi connectivity index (χ3n) is 5.49. The molecule has 0 aliphatic carbocycles. The summed E-state index contributed by atoms with van der Waals surface area (Å²) in [4.78, 5) is 0. The zero-order valence-corrected chi connectivity index (χ0v) is 21.8. The summed E-state index contributed by atoms with van der Waals surface area (Å²) >= 11 is 0. The molecule has 0 heterocycles. The molecule has 0 aromatic rings. The molecule has 2 unspecified atom stereocenters. The molecule has 0 fully saturated rings. The van der Waals surface area contributed by atoms with Gasteiger partial charge >= 0.3 is 29.6 Å². The van der Waals surface area contributed by atoms with Gasteiger partial charge in [0, 0.05) is 5.25 Å². The predicted molar refractivity (Wildman–Crippen MR) is 114 cm³/mol. The van der Waals surface area contributed by atoms with E-state index < -0.39 is 15.4 Å². The van der Waals surface area contributed by atoms with Gasteiger partial charge in [-0.1, -0.05) is 97.3 Å². The average Bonchev–Trinajstić information content (AvgIpc) is 2.61. The molecule has 0 saturated heterocycles. The maximum Gasteiger partial charge on any atom is 1.00 e. The van der Waals surface area contributed by atoms with Crippen LogP contribution in [0.3, 0.4) is 0 Å². The van der Waals surface area contributed by atoms with Crippen LogP contribution in [-0.4, -0.2) is 29.4 Å². The van der Waals surface area contributed by atoms with Crippen molar-refractivity contribution < 1.29 is 47.6 Å². The second-order valence-corrected chi connectivity index (χ2v) is 9.82. The fraction of sp³-hybridized carbons (Fsp3) is 1.00. The molecule has 0 saturated carbocycles. The van der Waals surface area contributed by atoms with E-state index in [-0.39, 0.29) is 35.7 Å². The van der Waals surface area contributed by atoms with Crippen LogP contribution >= 0.6 is 0 Å². The first-order valence-electron chi connectivity index (χ1n) is 11.5. The molecule has 0 aliphatic rings. The topological polar surface area (TPSA) is 77.4 Å². The van der Waals surface area contributed by atoms with E-state index in [1.54, 1.807) is 0 Å². The minimum atomic E-state index is -4.22. The van der Waals surface area contributed by atoms with Crippen LogP contribution in [0.25, 0.3) is 0 Å². The van der Waals surface area contributed by atoms with Gasteiger partial charge in [-0.2, -0.15) is 0 Å². The first-order valence-corrected chi connectivity index (χ1v) is 13.0. The zero-order valence-electron chi connectivity index (χ0n) is 19.0. The smallest absolute Gasteiger partial charge is 0.748 e. The molecule has 0 rings (SSSR count). The minimum Gasteiger partial charge on any atom is -0.748 e. The summed E-state index contributed by atoms with van der Waals surface area (Å²) in [5.41, 5.74) is 0. The average molecular weight is 429 g/mol. The van der Waals surface area contributed by atoms with Gasteiger partial charge in [0.25, 0.3) is 0 Å². The molecule has 164 valence electrons. The first-order chi connectivity index (χ1) is 12.9. The van der Waals surface area contributed by atoms with Crippen LogP contribution in [0.4, 0.5) is 0 Å². The molecule has 2 atom stereocenters. The molecule has 0 radical (unpaired) electrons. The number of unbranched alkanes of at least 4 members (excludes halogenated alkanes) is 11. The summed E-state index contributed by atoms with van der Waals surface area (Å²) in [6, 6.07) is 0. The number of rotatable bonds is 20. The van der Waals surface area contributed by atoms with E-state index in [1.807, 2.05) is 0 Å². The second kappa shape index (κ2) is 21.1. The maximum atomic E-state index is 11.4. The Morgan fingerprint density at radius 2 is 1.00 bits per heavy atom. The summed E-state index contributed by atoms with van der Waals surface area (Å²) in [6.45, 7) is 4.37. The predicted octanol–water partition coefficient (Wildman–Crippen LogP) is 3.33. The van der Waals surface area contributed by atoms with Crippen molar-refractivity contribution in [2.75, 3.05) is 0 Å². The van der Waals surface area contributed by atoms with Crippen molar-refractivity contribution in [3.63, 3.8) is 0 Å². The normalized spacial score (nSPS) is 13.9. The van der Waals surface area contributed by atoms with Crippen molar-refractivity contribution in [1.82, 2.24) is 0 Å².